The van der Waals surface area contributed by atoms with Crippen molar-refractivity contribution in [2.75, 3.05) is 10.2 Å². The molecule has 0 aliphatic heterocycles. The number of benzene rings is 3. The summed E-state index contributed by atoms with van der Waals surface area (Å²) in [6, 6.07) is 18.3. The maximum absolute atomic E-state index is 13.4. The average molecular weight is 641 g/mol. The molecular weight excluding hydrogens is 613 g/mol. The number of carbonyl (C=O) groups excluding carboxylic acids is 1. The summed E-state index contributed by atoms with van der Waals surface area (Å²) in [5.74, 6) is 0.179. The van der Waals surface area contributed by atoms with Crippen molar-refractivity contribution in [3.8, 4) is 0 Å². The third-order valence-electron chi connectivity index (χ3n) is 7.14. The smallest absolute Gasteiger partial charge is 0.369 e. The highest BCUT2D eigenvalue weighted by molar-refractivity contribution is 9.10. The van der Waals surface area contributed by atoms with Gasteiger partial charge in [0.25, 0.3) is 11.9 Å². The lowest BCUT2D eigenvalue weighted by molar-refractivity contribution is -0.137. The number of aromatic amines is 1. The van der Waals surface area contributed by atoms with Gasteiger partial charge in [0.1, 0.15) is 0 Å². The van der Waals surface area contributed by atoms with E-state index in [1.54, 1.807) is 29.2 Å². The number of nitrogens with two attached hydrogens (primary N) is 1. The number of anilines is 2. The largest absolute Gasteiger partial charge is 0.416 e. The van der Waals surface area contributed by atoms with E-state index < -0.39 is 17.6 Å². The number of hydrogen-bond acceptors (Lipinski definition) is 5. The second kappa shape index (κ2) is 12.7. The van der Waals surface area contributed by atoms with Crippen LogP contribution in [0.15, 0.2) is 76.2 Å². The summed E-state index contributed by atoms with van der Waals surface area (Å²) in [6.07, 6.45) is 1.48. The minimum absolute atomic E-state index is 0.0190. The van der Waals surface area contributed by atoms with Gasteiger partial charge in [-0.1, -0.05) is 64.6 Å². The molecule has 0 spiro atoms. The molecule has 0 atom stereocenters. The van der Waals surface area contributed by atoms with Crippen LogP contribution in [0.25, 0.3) is 0 Å². The van der Waals surface area contributed by atoms with Gasteiger partial charge in [-0.2, -0.15) is 18.4 Å². The highest BCUT2D eigenvalue weighted by Gasteiger charge is 2.31. The standard InChI is InChI=1S/C29H28BrF3N8O/c30-23-14-22(29(31,32)33)15-24(16-23)35-27(34)41(25-12-10-20(11-13-25)19-4-2-1-3-5-19)17-18-6-8-21(9-7-18)26(42)36-28-37-39-40-38-28/h6-16,19H,1-5,17H2,(H2,34,35)(H2,36,37,38,39,40,42). The number of carbonyl (C=O) groups is 1. The Hall–Kier alpha value is -4.26. The second-order valence-electron chi connectivity index (χ2n) is 10.1. The van der Waals surface area contributed by atoms with Crippen molar-refractivity contribution >= 4 is 45.1 Å². The van der Waals surface area contributed by atoms with Crippen molar-refractivity contribution in [3.05, 3.63) is 93.5 Å². The fourth-order valence-corrected chi connectivity index (χ4v) is 5.48. The predicted molar refractivity (Wildman–Crippen MR) is 157 cm³/mol. The van der Waals surface area contributed by atoms with Crippen molar-refractivity contribution in [1.29, 1.82) is 0 Å². The molecule has 0 bridgehead atoms. The van der Waals surface area contributed by atoms with Crippen LogP contribution in [0, 0.1) is 0 Å². The summed E-state index contributed by atoms with van der Waals surface area (Å²) in [7, 11) is 0. The molecular formula is C29H28BrF3N8O. The lowest BCUT2D eigenvalue weighted by Gasteiger charge is -2.26. The molecule has 1 aliphatic carbocycles. The van der Waals surface area contributed by atoms with E-state index in [0.717, 1.165) is 36.2 Å². The van der Waals surface area contributed by atoms with Gasteiger partial charge in [0.05, 0.1) is 17.8 Å². The summed E-state index contributed by atoms with van der Waals surface area (Å²) in [5.41, 5.74) is 8.86. The zero-order valence-electron chi connectivity index (χ0n) is 22.4. The maximum atomic E-state index is 13.4. The van der Waals surface area contributed by atoms with Crippen molar-refractivity contribution < 1.29 is 18.0 Å². The van der Waals surface area contributed by atoms with Crippen molar-refractivity contribution in [3.63, 3.8) is 0 Å². The highest BCUT2D eigenvalue weighted by Crippen LogP contribution is 2.35. The molecule has 13 heteroatoms. The number of H-pyrrole nitrogens is 1. The molecule has 0 unspecified atom stereocenters. The van der Waals surface area contributed by atoms with Crippen LogP contribution in [-0.4, -0.2) is 32.5 Å². The number of amides is 1. The number of nitrogens with zero attached hydrogens (tertiary/aromatic N) is 5. The molecule has 1 fully saturated rings. The molecule has 1 saturated carbocycles. The van der Waals surface area contributed by atoms with Crippen LogP contribution in [0.4, 0.5) is 30.5 Å². The third-order valence-corrected chi connectivity index (χ3v) is 7.60. The Bertz CT molecular complexity index is 1530. The van der Waals surface area contributed by atoms with Gasteiger partial charge in [-0.15, -0.1) is 5.10 Å². The van der Waals surface area contributed by atoms with Crippen molar-refractivity contribution in [1.82, 2.24) is 20.6 Å². The minimum Gasteiger partial charge on any atom is -0.369 e. The molecule has 3 aromatic carbocycles. The minimum atomic E-state index is -4.53. The maximum Gasteiger partial charge on any atom is 0.416 e. The van der Waals surface area contributed by atoms with Gasteiger partial charge >= 0.3 is 6.18 Å². The molecule has 1 heterocycles. The lowest BCUT2D eigenvalue weighted by Crippen LogP contribution is -2.36. The van der Waals surface area contributed by atoms with Crippen molar-refractivity contribution in [2.24, 2.45) is 10.7 Å². The van der Waals surface area contributed by atoms with Gasteiger partial charge in [-0.05, 0) is 77.6 Å². The van der Waals surface area contributed by atoms with E-state index in [9.17, 15) is 18.0 Å². The summed E-state index contributed by atoms with van der Waals surface area (Å²) < 4.78 is 40.5. The van der Waals surface area contributed by atoms with Gasteiger partial charge in [0.15, 0.2) is 0 Å². The Morgan fingerprint density at radius 2 is 1.76 bits per heavy atom. The van der Waals surface area contributed by atoms with Crippen LogP contribution in [-0.2, 0) is 12.7 Å². The van der Waals surface area contributed by atoms with Gasteiger partial charge in [-0.25, -0.2) is 4.99 Å². The van der Waals surface area contributed by atoms with Crippen LogP contribution in [0.3, 0.4) is 0 Å². The first-order chi connectivity index (χ1) is 20.2. The first-order valence-corrected chi connectivity index (χ1v) is 14.2. The zero-order valence-corrected chi connectivity index (χ0v) is 24.0. The number of nitrogens with one attached hydrogen (secondary N) is 2. The van der Waals surface area contributed by atoms with E-state index in [-0.39, 0.29) is 28.6 Å². The van der Waals surface area contributed by atoms with E-state index in [2.05, 4.69) is 59.0 Å². The molecule has 218 valence electrons. The van der Waals surface area contributed by atoms with Gasteiger partial charge in [0.2, 0.25) is 5.96 Å². The number of halogens is 4. The lowest BCUT2D eigenvalue weighted by atomic mass is 9.84. The van der Waals surface area contributed by atoms with E-state index in [1.807, 2.05) is 12.1 Å². The summed E-state index contributed by atoms with van der Waals surface area (Å²) >= 11 is 3.14. The summed E-state index contributed by atoms with van der Waals surface area (Å²) in [4.78, 5) is 18.6. The third kappa shape index (κ3) is 7.32. The van der Waals surface area contributed by atoms with Crippen LogP contribution in [0.2, 0.25) is 0 Å². The van der Waals surface area contributed by atoms with Crippen LogP contribution in [0.1, 0.15) is 65.1 Å². The molecule has 9 nitrogen and oxygen atoms in total. The first kappa shape index (κ1) is 29.2. The number of aliphatic imine (C=N–C) groups is 1. The average Bonchev–Trinajstić information content (AvgIpc) is 3.49. The fourth-order valence-electron chi connectivity index (χ4n) is 4.99. The van der Waals surface area contributed by atoms with E-state index in [0.29, 0.717) is 11.5 Å². The number of guanidine groups is 1. The molecule has 4 N–H and O–H groups in total. The molecule has 0 radical (unpaired) electrons. The Labute approximate surface area is 248 Å². The molecule has 1 aromatic heterocycles. The monoisotopic (exact) mass is 640 g/mol. The topological polar surface area (TPSA) is 125 Å². The molecule has 4 aromatic rings. The Balaban J connectivity index is 1.43. The summed E-state index contributed by atoms with van der Waals surface area (Å²) in [5, 5.41) is 15.6. The van der Waals surface area contributed by atoms with E-state index in [4.69, 9.17) is 5.73 Å². The van der Waals surface area contributed by atoms with E-state index in [1.165, 1.54) is 30.9 Å². The first-order valence-electron chi connectivity index (χ1n) is 13.4. The Morgan fingerprint density at radius 1 is 1.05 bits per heavy atom. The molecule has 1 aliphatic rings. The Kier molecular flexibility index (Phi) is 8.86. The van der Waals surface area contributed by atoms with E-state index >= 15 is 0 Å². The fraction of sp³-hybridized carbons (Fsp3) is 0.276. The van der Waals surface area contributed by atoms with Crippen LogP contribution < -0.4 is 16.0 Å². The number of aromatic nitrogens is 4. The second-order valence-corrected chi connectivity index (χ2v) is 11.0. The number of alkyl halides is 3. The van der Waals surface area contributed by atoms with Gasteiger partial charge in [0, 0.05) is 15.7 Å². The molecule has 5 rings (SSSR count). The highest BCUT2D eigenvalue weighted by atomic mass is 79.9. The molecule has 1 amide bonds. The van der Waals surface area contributed by atoms with Crippen LogP contribution >= 0.6 is 15.9 Å². The number of hydrogen-bond donors (Lipinski definition) is 3. The number of rotatable bonds is 7. The van der Waals surface area contributed by atoms with Gasteiger partial charge < -0.3 is 10.6 Å². The van der Waals surface area contributed by atoms with Gasteiger partial charge in [-0.3, -0.25) is 10.1 Å². The molecule has 0 saturated heterocycles. The normalized spacial score (nSPS) is 14.5. The predicted octanol–water partition coefficient (Wildman–Crippen LogP) is 6.93. The SMILES string of the molecule is NC(=Nc1cc(Br)cc(C(F)(F)F)c1)N(Cc1ccc(C(=O)Nc2nn[nH]n2)cc1)c1ccc(C2CCCCC2)cc1. The Morgan fingerprint density at radius 3 is 2.40 bits per heavy atom. The van der Waals surface area contributed by atoms with Crippen LogP contribution in [0.5, 0.6) is 0 Å². The summed E-state index contributed by atoms with van der Waals surface area (Å²) in [6.45, 7) is 0.255. The quantitative estimate of drug-likeness (QED) is 0.148. The van der Waals surface area contributed by atoms with Crippen molar-refractivity contribution in [2.45, 2.75) is 50.7 Å². The number of tetrazole rings is 1. The zero-order chi connectivity index (χ0) is 29.7. The molecule has 42 heavy (non-hydrogen) atoms.